The summed E-state index contributed by atoms with van der Waals surface area (Å²) in [5.41, 5.74) is 2.48. The fourth-order valence-electron chi connectivity index (χ4n) is 2.17. The van der Waals surface area contributed by atoms with E-state index in [0.717, 1.165) is 5.69 Å². The second-order valence-electron chi connectivity index (χ2n) is 4.36. The molecule has 0 unspecified atom stereocenters. The minimum Gasteiger partial charge on any atom is -0.395 e. The predicted molar refractivity (Wildman–Crippen MR) is 68.2 cm³/mol. The van der Waals surface area contributed by atoms with Gasteiger partial charge in [0.05, 0.1) is 6.61 Å². The number of aliphatic hydroxyl groups excluding tert-OH is 1. The van der Waals surface area contributed by atoms with E-state index in [1.807, 2.05) is 7.05 Å². The third kappa shape index (κ3) is 2.47. The average Bonchev–Trinajstić information content (AvgIpc) is 2.83. The third-order valence-corrected chi connectivity index (χ3v) is 3.20. The predicted octanol–water partition coefficient (Wildman–Crippen LogP) is 1.72. The van der Waals surface area contributed by atoms with Crippen LogP contribution in [0.5, 0.6) is 0 Å². The van der Waals surface area contributed by atoms with Crippen LogP contribution in [-0.2, 0) is 0 Å². The van der Waals surface area contributed by atoms with Crippen LogP contribution in [0.1, 0.15) is 12.8 Å². The SMILES string of the molecule is CN(CCO)c1ccc(N2CCCC2)cc1. The average molecular weight is 220 g/mol. The second kappa shape index (κ2) is 5.21. The molecule has 1 aliphatic rings. The molecule has 1 saturated heterocycles. The maximum atomic E-state index is 8.88. The quantitative estimate of drug-likeness (QED) is 0.837. The highest BCUT2D eigenvalue weighted by molar-refractivity contribution is 5.56. The molecule has 0 radical (unpaired) electrons. The van der Waals surface area contributed by atoms with Crippen LogP contribution < -0.4 is 9.80 Å². The molecule has 2 rings (SSSR count). The number of anilines is 2. The number of aliphatic hydroxyl groups is 1. The van der Waals surface area contributed by atoms with Crippen molar-refractivity contribution >= 4 is 11.4 Å². The molecule has 0 bridgehead atoms. The summed E-state index contributed by atoms with van der Waals surface area (Å²) < 4.78 is 0. The Balaban J connectivity index is 2.03. The largest absolute Gasteiger partial charge is 0.395 e. The molecule has 1 fully saturated rings. The van der Waals surface area contributed by atoms with E-state index in [-0.39, 0.29) is 6.61 Å². The number of hydrogen-bond donors (Lipinski definition) is 1. The number of nitrogens with zero attached hydrogens (tertiary/aromatic N) is 2. The highest BCUT2D eigenvalue weighted by atomic mass is 16.3. The van der Waals surface area contributed by atoms with E-state index in [2.05, 4.69) is 34.1 Å². The van der Waals surface area contributed by atoms with Gasteiger partial charge in [0.25, 0.3) is 0 Å². The van der Waals surface area contributed by atoms with Crippen molar-refractivity contribution in [1.82, 2.24) is 0 Å². The summed E-state index contributed by atoms with van der Waals surface area (Å²) in [6.45, 7) is 3.26. The van der Waals surface area contributed by atoms with Crippen LogP contribution >= 0.6 is 0 Å². The first kappa shape index (κ1) is 11.3. The van der Waals surface area contributed by atoms with Gasteiger partial charge in [-0.2, -0.15) is 0 Å². The first-order chi connectivity index (χ1) is 7.81. The van der Waals surface area contributed by atoms with Crippen LogP contribution in [0.15, 0.2) is 24.3 Å². The van der Waals surface area contributed by atoms with E-state index < -0.39 is 0 Å². The van der Waals surface area contributed by atoms with Crippen molar-refractivity contribution in [2.24, 2.45) is 0 Å². The molecule has 1 aromatic carbocycles. The lowest BCUT2D eigenvalue weighted by Gasteiger charge is -2.21. The molecule has 0 saturated carbocycles. The zero-order valence-electron chi connectivity index (χ0n) is 9.89. The van der Waals surface area contributed by atoms with Gasteiger partial charge in [-0.25, -0.2) is 0 Å². The molecule has 1 aliphatic heterocycles. The van der Waals surface area contributed by atoms with Crippen LogP contribution in [0.25, 0.3) is 0 Å². The van der Waals surface area contributed by atoms with Gasteiger partial charge in [-0.15, -0.1) is 0 Å². The van der Waals surface area contributed by atoms with Gasteiger partial charge in [0.15, 0.2) is 0 Å². The number of hydrogen-bond acceptors (Lipinski definition) is 3. The third-order valence-electron chi connectivity index (χ3n) is 3.20. The minimum absolute atomic E-state index is 0.199. The first-order valence-electron chi connectivity index (χ1n) is 5.98. The molecule has 3 nitrogen and oxygen atoms in total. The van der Waals surface area contributed by atoms with Crippen LogP contribution in [0.2, 0.25) is 0 Å². The molecule has 0 aromatic heterocycles. The summed E-state index contributed by atoms with van der Waals surface area (Å²) in [6.07, 6.45) is 2.62. The minimum atomic E-state index is 0.199. The zero-order valence-corrected chi connectivity index (χ0v) is 9.89. The normalized spacial score (nSPS) is 15.5. The summed E-state index contributed by atoms with van der Waals surface area (Å²) in [4.78, 5) is 4.49. The van der Waals surface area contributed by atoms with Gasteiger partial charge in [0.1, 0.15) is 0 Å². The second-order valence-corrected chi connectivity index (χ2v) is 4.36. The Morgan fingerprint density at radius 1 is 1.19 bits per heavy atom. The van der Waals surface area contributed by atoms with Gasteiger partial charge in [-0.1, -0.05) is 0 Å². The maximum absolute atomic E-state index is 8.88. The maximum Gasteiger partial charge on any atom is 0.0606 e. The van der Waals surface area contributed by atoms with Crippen molar-refractivity contribution in [3.8, 4) is 0 Å². The first-order valence-corrected chi connectivity index (χ1v) is 5.98. The topological polar surface area (TPSA) is 26.7 Å². The highest BCUT2D eigenvalue weighted by Gasteiger charge is 2.11. The molecular formula is C13H20N2O. The summed E-state index contributed by atoms with van der Waals surface area (Å²) in [5.74, 6) is 0. The van der Waals surface area contributed by atoms with E-state index in [9.17, 15) is 0 Å². The molecule has 0 aliphatic carbocycles. The fraction of sp³-hybridized carbons (Fsp3) is 0.538. The van der Waals surface area contributed by atoms with Crippen molar-refractivity contribution in [2.75, 3.05) is 43.1 Å². The van der Waals surface area contributed by atoms with Crippen molar-refractivity contribution in [1.29, 1.82) is 0 Å². The lowest BCUT2D eigenvalue weighted by Crippen LogP contribution is -2.21. The van der Waals surface area contributed by atoms with E-state index in [1.54, 1.807) is 0 Å². The smallest absolute Gasteiger partial charge is 0.0606 e. The zero-order chi connectivity index (χ0) is 11.4. The summed E-state index contributed by atoms with van der Waals surface area (Å²) >= 11 is 0. The van der Waals surface area contributed by atoms with Crippen molar-refractivity contribution < 1.29 is 5.11 Å². The van der Waals surface area contributed by atoms with Crippen LogP contribution in [-0.4, -0.2) is 38.4 Å². The van der Waals surface area contributed by atoms with Crippen molar-refractivity contribution in [3.63, 3.8) is 0 Å². The molecule has 1 N–H and O–H groups in total. The van der Waals surface area contributed by atoms with Gasteiger partial charge < -0.3 is 14.9 Å². The lowest BCUT2D eigenvalue weighted by atomic mass is 10.2. The van der Waals surface area contributed by atoms with E-state index >= 15 is 0 Å². The Labute approximate surface area is 97.3 Å². The standard InChI is InChI=1S/C13H20N2O/c1-14(10-11-16)12-4-6-13(7-5-12)15-8-2-3-9-15/h4-7,16H,2-3,8-11H2,1H3. The van der Waals surface area contributed by atoms with Crippen LogP contribution in [0.3, 0.4) is 0 Å². The Morgan fingerprint density at radius 2 is 1.81 bits per heavy atom. The molecule has 1 aromatic rings. The highest BCUT2D eigenvalue weighted by Crippen LogP contribution is 2.23. The van der Waals surface area contributed by atoms with Crippen molar-refractivity contribution in [3.05, 3.63) is 24.3 Å². The number of likely N-dealkylation sites (N-methyl/N-ethyl adjacent to an activating group) is 1. The van der Waals surface area contributed by atoms with Gasteiger partial charge >= 0.3 is 0 Å². The van der Waals surface area contributed by atoms with E-state index in [1.165, 1.54) is 31.6 Å². The Bertz CT molecular complexity index is 317. The molecule has 0 spiro atoms. The van der Waals surface area contributed by atoms with E-state index in [4.69, 9.17) is 5.11 Å². The Kier molecular flexibility index (Phi) is 3.67. The number of rotatable bonds is 4. The summed E-state index contributed by atoms with van der Waals surface area (Å²) in [6, 6.07) is 8.61. The van der Waals surface area contributed by atoms with Crippen LogP contribution in [0, 0.1) is 0 Å². The molecule has 16 heavy (non-hydrogen) atoms. The molecule has 0 atom stereocenters. The lowest BCUT2D eigenvalue weighted by molar-refractivity contribution is 0.304. The molecular weight excluding hydrogens is 200 g/mol. The molecule has 88 valence electrons. The van der Waals surface area contributed by atoms with Gasteiger partial charge in [0.2, 0.25) is 0 Å². The molecule has 3 heteroatoms. The fourth-order valence-corrected chi connectivity index (χ4v) is 2.17. The van der Waals surface area contributed by atoms with Crippen molar-refractivity contribution in [2.45, 2.75) is 12.8 Å². The van der Waals surface area contributed by atoms with Crippen LogP contribution in [0.4, 0.5) is 11.4 Å². The van der Waals surface area contributed by atoms with Gasteiger partial charge in [-0.05, 0) is 37.1 Å². The summed E-state index contributed by atoms with van der Waals surface area (Å²) in [7, 11) is 2.00. The monoisotopic (exact) mass is 220 g/mol. The van der Waals surface area contributed by atoms with E-state index in [0.29, 0.717) is 6.54 Å². The van der Waals surface area contributed by atoms with Gasteiger partial charge in [-0.3, -0.25) is 0 Å². The Morgan fingerprint density at radius 3 is 2.38 bits per heavy atom. The Hall–Kier alpha value is -1.22. The van der Waals surface area contributed by atoms with Gasteiger partial charge in [0, 0.05) is 38.1 Å². The number of benzene rings is 1. The summed E-state index contributed by atoms with van der Waals surface area (Å²) in [5, 5.41) is 8.88. The molecule has 0 amide bonds. The molecule has 1 heterocycles.